The molecule has 47 heavy (non-hydrogen) atoms. The van der Waals surface area contributed by atoms with Crippen molar-refractivity contribution in [1.82, 2.24) is 10.6 Å². The lowest BCUT2D eigenvalue weighted by atomic mass is 9.85. The predicted octanol–water partition coefficient (Wildman–Crippen LogP) is 3.85. The highest BCUT2D eigenvalue weighted by Gasteiger charge is 2.33. The van der Waals surface area contributed by atoms with Crippen LogP contribution >= 0.6 is 0 Å². The van der Waals surface area contributed by atoms with Crippen molar-refractivity contribution in [3.63, 3.8) is 0 Å². The second-order valence-corrected chi connectivity index (χ2v) is 11.6. The standard InChI is InChI=1S/C35H42N4O8/c1-19-15-24-30(39-34(43)23-12-8-7-9-13-23)26(40)18-25(31(24)41)38-33(42)20(2)11-10-14-27(45-5)32(47-35(37)44)22(4)17-21(3)29(36)28(16-19)46-6/h7-14,17-19,21,27-28,32,36H,15-16H2,1-6H3,(H2,37,44)(H,38,42)(H,39,43)/b14-10-,20-11+,22-17+,36-29?/t19-,21+,27+,28+,32+/m1/s1. The summed E-state index contributed by atoms with van der Waals surface area (Å²) < 4.78 is 16.6. The first-order chi connectivity index (χ1) is 22.3. The number of amides is 3. The molecule has 1 aromatic carbocycles. The molecule has 12 heteroatoms. The number of fused-ring (bicyclic) bond motifs is 2. The fraction of sp³-hybridized carbons (Fsp3) is 0.371. The zero-order valence-corrected chi connectivity index (χ0v) is 27.4. The number of rotatable bonds is 5. The summed E-state index contributed by atoms with van der Waals surface area (Å²) in [5.74, 6) is -3.25. The van der Waals surface area contributed by atoms with E-state index in [1.165, 1.54) is 33.3 Å². The van der Waals surface area contributed by atoms with Crippen LogP contribution < -0.4 is 16.4 Å². The number of ketones is 2. The molecule has 0 saturated heterocycles. The third-order valence-electron chi connectivity index (χ3n) is 7.94. The van der Waals surface area contributed by atoms with Gasteiger partial charge in [0.1, 0.15) is 6.10 Å². The molecule has 0 spiro atoms. The molecule has 0 unspecified atom stereocenters. The SMILES string of the molecule is CO[C@H]1C[C@H](C)CC2=C(NC(=O)c3ccccc3)C(=O)C=C(NC(=O)/C(C)=C/C=C\[C@H](OC)[C@@H](OC(N)=O)/C(C)=C/[C@H](C)C1=N)C2=O. The monoisotopic (exact) mass is 646 g/mol. The van der Waals surface area contributed by atoms with Crippen molar-refractivity contribution in [1.29, 1.82) is 5.41 Å². The fourth-order valence-corrected chi connectivity index (χ4v) is 5.37. The zero-order valence-electron chi connectivity index (χ0n) is 27.4. The summed E-state index contributed by atoms with van der Waals surface area (Å²) in [5.41, 5.74) is 6.28. The molecular weight excluding hydrogens is 604 g/mol. The Kier molecular flexibility index (Phi) is 12.9. The van der Waals surface area contributed by atoms with Crippen molar-refractivity contribution >= 4 is 35.2 Å². The molecule has 2 aliphatic rings. The number of nitrogens with two attached hydrogens (primary N) is 1. The summed E-state index contributed by atoms with van der Waals surface area (Å²) in [5, 5.41) is 14.1. The van der Waals surface area contributed by atoms with E-state index in [1.807, 2.05) is 6.92 Å². The highest BCUT2D eigenvalue weighted by Crippen LogP contribution is 2.28. The first-order valence-corrected chi connectivity index (χ1v) is 15.1. The molecule has 5 atom stereocenters. The van der Waals surface area contributed by atoms with E-state index in [1.54, 1.807) is 56.3 Å². The Bertz CT molecular complexity index is 1570. The van der Waals surface area contributed by atoms with Gasteiger partial charge in [-0.05, 0) is 50.3 Å². The predicted molar refractivity (Wildman–Crippen MR) is 175 cm³/mol. The molecule has 3 rings (SSSR count). The lowest BCUT2D eigenvalue weighted by Gasteiger charge is -2.27. The lowest BCUT2D eigenvalue weighted by Crippen LogP contribution is -2.38. The smallest absolute Gasteiger partial charge is 0.405 e. The summed E-state index contributed by atoms with van der Waals surface area (Å²) >= 11 is 0. The van der Waals surface area contributed by atoms with E-state index in [9.17, 15) is 24.0 Å². The van der Waals surface area contributed by atoms with Gasteiger partial charge in [0.25, 0.3) is 11.8 Å². The highest BCUT2D eigenvalue weighted by atomic mass is 16.6. The number of ether oxygens (including phenoxy) is 3. The number of carbonyl (C=O) groups excluding carboxylic acids is 5. The van der Waals surface area contributed by atoms with Crippen LogP contribution in [-0.4, -0.2) is 67.7 Å². The molecular formula is C35H42N4O8. The summed E-state index contributed by atoms with van der Waals surface area (Å²) in [7, 11) is 2.90. The third kappa shape index (κ3) is 9.53. The molecule has 250 valence electrons. The Morgan fingerprint density at radius 2 is 1.72 bits per heavy atom. The van der Waals surface area contributed by atoms with E-state index >= 15 is 0 Å². The van der Waals surface area contributed by atoms with Crippen LogP contribution in [0.4, 0.5) is 4.79 Å². The van der Waals surface area contributed by atoms with Gasteiger partial charge in [0.15, 0.2) is 6.10 Å². The van der Waals surface area contributed by atoms with Gasteiger partial charge >= 0.3 is 6.09 Å². The van der Waals surface area contributed by atoms with Crippen molar-refractivity contribution in [3.05, 3.63) is 94.4 Å². The number of allylic oxidation sites excluding steroid dienone is 5. The van der Waals surface area contributed by atoms with Crippen LogP contribution in [0.5, 0.6) is 0 Å². The van der Waals surface area contributed by atoms with Crippen molar-refractivity contribution < 1.29 is 38.2 Å². The van der Waals surface area contributed by atoms with Gasteiger partial charge in [-0.1, -0.05) is 56.4 Å². The van der Waals surface area contributed by atoms with Crippen molar-refractivity contribution in [2.45, 2.75) is 58.8 Å². The van der Waals surface area contributed by atoms with Crippen molar-refractivity contribution in [2.75, 3.05) is 14.2 Å². The summed E-state index contributed by atoms with van der Waals surface area (Å²) in [6.07, 6.45) is 4.23. The van der Waals surface area contributed by atoms with Gasteiger partial charge in [-0.2, -0.15) is 0 Å². The summed E-state index contributed by atoms with van der Waals surface area (Å²) in [4.78, 5) is 65.2. The van der Waals surface area contributed by atoms with E-state index < -0.39 is 53.7 Å². The van der Waals surface area contributed by atoms with Crippen LogP contribution in [0, 0.1) is 17.2 Å². The number of Topliss-reactive ketones (excluding diaryl/α,β-unsaturated/α-hetero) is 1. The topological polar surface area (TPSA) is 187 Å². The van der Waals surface area contributed by atoms with Crippen LogP contribution in [0.15, 0.2) is 88.8 Å². The maximum absolute atomic E-state index is 13.8. The van der Waals surface area contributed by atoms with Gasteiger partial charge in [0.05, 0.1) is 17.5 Å². The van der Waals surface area contributed by atoms with E-state index in [0.29, 0.717) is 11.1 Å². The summed E-state index contributed by atoms with van der Waals surface area (Å²) in [6, 6.07) is 8.27. The number of nitrogens with one attached hydrogen (secondary N) is 3. The Morgan fingerprint density at radius 1 is 1.04 bits per heavy atom. The van der Waals surface area contributed by atoms with Crippen LogP contribution in [-0.2, 0) is 28.6 Å². The Balaban J connectivity index is 2.10. The number of primary amides is 1. The Morgan fingerprint density at radius 3 is 2.34 bits per heavy atom. The van der Waals surface area contributed by atoms with E-state index in [-0.39, 0.29) is 47.0 Å². The largest absolute Gasteiger partial charge is 0.439 e. The maximum Gasteiger partial charge on any atom is 0.405 e. The molecule has 2 bridgehead atoms. The number of benzene rings is 1. The lowest BCUT2D eigenvalue weighted by molar-refractivity contribution is -0.120. The van der Waals surface area contributed by atoms with E-state index in [0.717, 1.165) is 6.08 Å². The van der Waals surface area contributed by atoms with Crippen LogP contribution in [0.3, 0.4) is 0 Å². The highest BCUT2D eigenvalue weighted by molar-refractivity contribution is 6.24. The van der Waals surface area contributed by atoms with Gasteiger partial charge in [-0.25, -0.2) is 4.79 Å². The quantitative estimate of drug-likeness (QED) is 0.274. The number of hydrogen-bond acceptors (Lipinski definition) is 9. The number of carbonyl (C=O) groups is 5. The molecule has 0 fully saturated rings. The molecule has 0 saturated carbocycles. The first kappa shape index (κ1) is 36.5. The minimum atomic E-state index is -1.01. The van der Waals surface area contributed by atoms with Crippen LogP contribution in [0.2, 0.25) is 0 Å². The number of hydrogen-bond donors (Lipinski definition) is 4. The first-order valence-electron chi connectivity index (χ1n) is 15.1. The molecule has 5 N–H and O–H groups in total. The summed E-state index contributed by atoms with van der Waals surface area (Å²) in [6.45, 7) is 6.88. The molecule has 0 aromatic heterocycles. The second kappa shape index (κ2) is 16.6. The van der Waals surface area contributed by atoms with Gasteiger partial charge in [0, 0.05) is 48.6 Å². The normalized spacial score (nSPS) is 27.9. The van der Waals surface area contributed by atoms with Gasteiger partial charge < -0.3 is 36.0 Å². The van der Waals surface area contributed by atoms with Gasteiger partial charge in [0.2, 0.25) is 11.6 Å². The van der Waals surface area contributed by atoms with Gasteiger partial charge in [-0.15, -0.1) is 0 Å². The maximum atomic E-state index is 13.8. The molecule has 12 nitrogen and oxygen atoms in total. The van der Waals surface area contributed by atoms with Crippen molar-refractivity contribution in [2.24, 2.45) is 17.6 Å². The average molecular weight is 647 g/mol. The Labute approximate surface area is 274 Å². The fourth-order valence-electron chi connectivity index (χ4n) is 5.37. The average Bonchev–Trinajstić information content (AvgIpc) is 3.04. The third-order valence-corrected chi connectivity index (χ3v) is 7.94. The molecule has 0 radical (unpaired) electrons. The van der Waals surface area contributed by atoms with E-state index in [4.69, 9.17) is 25.4 Å². The zero-order chi connectivity index (χ0) is 34.8. The second-order valence-electron chi connectivity index (χ2n) is 11.6. The minimum Gasteiger partial charge on any atom is -0.439 e. The Hall–Kier alpha value is -4.94. The van der Waals surface area contributed by atoms with Gasteiger partial charge in [-0.3, -0.25) is 19.2 Å². The molecule has 3 amide bonds. The van der Waals surface area contributed by atoms with Crippen LogP contribution in [0.1, 0.15) is 50.9 Å². The molecule has 1 heterocycles. The van der Waals surface area contributed by atoms with E-state index in [2.05, 4.69) is 10.6 Å². The molecule has 1 aliphatic heterocycles. The minimum absolute atomic E-state index is 0.0311. The number of methoxy groups -OCH3 is 2. The van der Waals surface area contributed by atoms with Crippen molar-refractivity contribution in [3.8, 4) is 0 Å². The van der Waals surface area contributed by atoms with Crippen LogP contribution in [0.25, 0.3) is 0 Å². The molecule has 1 aromatic rings. The molecule has 1 aliphatic carbocycles.